The molecule has 0 aromatic heterocycles. The second kappa shape index (κ2) is 8.94. The quantitative estimate of drug-likeness (QED) is 0.669. The fourth-order valence-corrected chi connectivity index (χ4v) is 2.60. The van der Waals surface area contributed by atoms with Crippen LogP contribution in [0.4, 0.5) is 5.69 Å². The zero-order valence-electron chi connectivity index (χ0n) is 12.1. The molecule has 0 bridgehead atoms. The second-order valence-electron chi connectivity index (χ2n) is 4.51. The molecule has 0 saturated heterocycles. The Morgan fingerprint density at radius 3 is 2.55 bits per heavy atom. The molecule has 5 nitrogen and oxygen atoms in total. The monoisotopic (exact) mass is 301 g/mol. The summed E-state index contributed by atoms with van der Waals surface area (Å²) in [5, 5.41) is 3.16. The number of hydrogen-bond acceptors (Lipinski definition) is 5. The van der Waals surface area contributed by atoms with Crippen molar-refractivity contribution in [3.8, 4) is 0 Å². The predicted molar refractivity (Wildman–Crippen MR) is 80.0 cm³/mol. The first-order valence-corrected chi connectivity index (χ1v) is 8.54. The van der Waals surface area contributed by atoms with Gasteiger partial charge < -0.3 is 14.8 Å². The Hall–Kier alpha value is -1.11. The molecule has 0 unspecified atom stereocenters. The zero-order valence-corrected chi connectivity index (χ0v) is 12.9. The van der Waals surface area contributed by atoms with E-state index in [0.29, 0.717) is 30.4 Å². The molecule has 0 aliphatic heterocycles. The summed E-state index contributed by atoms with van der Waals surface area (Å²) in [6, 6.07) is 6.95. The van der Waals surface area contributed by atoms with Crippen molar-refractivity contribution < 1.29 is 17.9 Å². The number of rotatable bonds is 10. The Morgan fingerprint density at radius 2 is 1.85 bits per heavy atom. The minimum atomic E-state index is -3.19. The Balaban J connectivity index is 2.29. The van der Waals surface area contributed by atoms with Gasteiger partial charge in [-0.3, -0.25) is 0 Å². The molecule has 1 aromatic rings. The second-order valence-corrected chi connectivity index (χ2v) is 6.49. The smallest absolute Gasteiger partial charge is 0.177 e. The Kier molecular flexibility index (Phi) is 7.58. The van der Waals surface area contributed by atoms with Gasteiger partial charge in [0.05, 0.1) is 23.8 Å². The van der Waals surface area contributed by atoms with Crippen molar-refractivity contribution in [2.24, 2.45) is 0 Å². The lowest BCUT2D eigenvalue weighted by Gasteiger charge is -2.10. The lowest BCUT2D eigenvalue weighted by Crippen LogP contribution is -2.09. The van der Waals surface area contributed by atoms with Crippen molar-refractivity contribution in [3.05, 3.63) is 24.3 Å². The summed E-state index contributed by atoms with van der Waals surface area (Å²) >= 11 is 0. The molecule has 6 heteroatoms. The van der Waals surface area contributed by atoms with Crippen molar-refractivity contribution in [3.63, 3.8) is 0 Å². The molecule has 0 aliphatic carbocycles. The van der Waals surface area contributed by atoms with E-state index >= 15 is 0 Å². The van der Waals surface area contributed by atoms with Gasteiger partial charge >= 0.3 is 0 Å². The van der Waals surface area contributed by atoms with E-state index in [9.17, 15) is 8.42 Å². The Labute approximate surface area is 121 Å². The minimum Gasteiger partial charge on any atom is -0.384 e. The molecule has 0 amide bonds. The van der Waals surface area contributed by atoms with Crippen LogP contribution in [-0.4, -0.2) is 48.1 Å². The SMILES string of the molecule is COCCOCCCCNc1ccccc1S(C)(=O)=O. The molecule has 0 atom stereocenters. The van der Waals surface area contributed by atoms with Crippen LogP contribution >= 0.6 is 0 Å². The maximum Gasteiger partial charge on any atom is 0.177 e. The number of anilines is 1. The van der Waals surface area contributed by atoms with Gasteiger partial charge in [0.25, 0.3) is 0 Å². The summed E-state index contributed by atoms with van der Waals surface area (Å²) in [5.41, 5.74) is 0.662. The highest BCUT2D eigenvalue weighted by atomic mass is 32.2. The number of hydrogen-bond donors (Lipinski definition) is 1. The Bertz CT molecular complexity index is 488. The number of unbranched alkanes of at least 4 members (excludes halogenated alkanes) is 1. The third-order valence-corrected chi connectivity index (χ3v) is 3.90. The topological polar surface area (TPSA) is 64.6 Å². The molecule has 1 aromatic carbocycles. The van der Waals surface area contributed by atoms with E-state index in [4.69, 9.17) is 9.47 Å². The van der Waals surface area contributed by atoms with E-state index in [1.165, 1.54) is 6.26 Å². The number of sulfone groups is 1. The molecule has 0 aliphatic rings. The summed E-state index contributed by atoms with van der Waals surface area (Å²) in [5.74, 6) is 0. The molecule has 0 spiro atoms. The Morgan fingerprint density at radius 1 is 1.10 bits per heavy atom. The van der Waals surface area contributed by atoms with Crippen molar-refractivity contribution in [1.29, 1.82) is 0 Å². The third-order valence-electron chi connectivity index (χ3n) is 2.75. The van der Waals surface area contributed by atoms with Gasteiger partial charge in [-0.05, 0) is 25.0 Å². The average molecular weight is 301 g/mol. The van der Waals surface area contributed by atoms with Crippen LogP contribution in [-0.2, 0) is 19.3 Å². The lowest BCUT2D eigenvalue weighted by atomic mass is 10.3. The van der Waals surface area contributed by atoms with Gasteiger partial charge in [0.2, 0.25) is 0 Å². The number of benzene rings is 1. The molecule has 0 saturated carbocycles. The average Bonchev–Trinajstić information content (AvgIpc) is 2.41. The van der Waals surface area contributed by atoms with Crippen molar-refractivity contribution in [2.75, 3.05) is 45.0 Å². The molecule has 1 N–H and O–H groups in total. The van der Waals surface area contributed by atoms with Crippen LogP contribution in [0, 0.1) is 0 Å². The van der Waals surface area contributed by atoms with Crippen LogP contribution in [0.15, 0.2) is 29.2 Å². The van der Waals surface area contributed by atoms with Gasteiger partial charge in [0.1, 0.15) is 0 Å². The van der Waals surface area contributed by atoms with E-state index < -0.39 is 9.84 Å². The third kappa shape index (κ3) is 6.36. The van der Waals surface area contributed by atoms with Gasteiger partial charge in [-0.15, -0.1) is 0 Å². The van der Waals surface area contributed by atoms with E-state index in [1.807, 2.05) is 6.07 Å². The molecule has 0 radical (unpaired) electrons. The van der Waals surface area contributed by atoms with Gasteiger partial charge in [-0.2, -0.15) is 0 Å². The zero-order chi connectivity index (χ0) is 14.8. The first kappa shape index (κ1) is 16.9. The number of ether oxygens (including phenoxy) is 2. The van der Waals surface area contributed by atoms with E-state index in [2.05, 4.69) is 5.32 Å². The normalized spacial score (nSPS) is 11.5. The van der Waals surface area contributed by atoms with Crippen molar-refractivity contribution in [1.82, 2.24) is 0 Å². The maximum atomic E-state index is 11.6. The molecule has 20 heavy (non-hydrogen) atoms. The summed E-state index contributed by atoms with van der Waals surface area (Å²) in [7, 11) is -1.55. The first-order valence-electron chi connectivity index (χ1n) is 6.65. The van der Waals surface area contributed by atoms with Gasteiger partial charge in [0.15, 0.2) is 9.84 Å². The largest absolute Gasteiger partial charge is 0.384 e. The number of methoxy groups -OCH3 is 1. The van der Waals surface area contributed by atoms with Crippen molar-refractivity contribution in [2.45, 2.75) is 17.7 Å². The van der Waals surface area contributed by atoms with Gasteiger partial charge in [0, 0.05) is 26.5 Å². The highest BCUT2D eigenvalue weighted by molar-refractivity contribution is 7.90. The van der Waals surface area contributed by atoms with E-state index in [0.717, 1.165) is 19.4 Å². The fourth-order valence-electron chi connectivity index (χ4n) is 1.73. The van der Waals surface area contributed by atoms with E-state index in [-0.39, 0.29) is 0 Å². The standard InChI is InChI=1S/C14H23NO4S/c1-18-11-12-19-10-6-5-9-15-13-7-3-4-8-14(13)20(2,16)17/h3-4,7-8,15H,5-6,9-12H2,1-2H3. The molecule has 1 rings (SSSR count). The maximum absolute atomic E-state index is 11.6. The molecular formula is C14H23NO4S. The molecule has 114 valence electrons. The van der Waals surface area contributed by atoms with Crippen LogP contribution < -0.4 is 5.32 Å². The number of nitrogens with one attached hydrogen (secondary N) is 1. The highest BCUT2D eigenvalue weighted by Gasteiger charge is 2.11. The van der Waals surface area contributed by atoms with Crippen LogP contribution in [0.2, 0.25) is 0 Å². The first-order chi connectivity index (χ1) is 9.55. The van der Waals surface area contributed by atoms with Gasteiger partial charge in [-0.1, -0.05) is 12.1 Å². The summed E-state index contributed by atoms with van der Waals surface area (Å²) in [6.45, 7) is 2.64. The molecular weight excluding hydrogens is 278 g/mol. The van der Waals surface area contributed by atoms with Crippen LogP contribution in [0.5, 0.6) is 0 Å². The summed E-state index contributed by atoms with van der Waals surface area (Å²) in [6.07, 6.45) is 3.07. The highest BCUT2D eigenvalue weighted by Crippen LogP contribution is 2.20. The number of para-hydroxylation sites is 1. The predicted octanol–water partition coefficient (Wildman–Crippen LogP) is 1.95. The van der Waals surface area contributed by atoms with E-state index in [1.54, 1.807) is 25.3 Å². The summed E-state index contributed by atoms with van der Waals surface area (Å²) in [4.78, 5) is 0.344. The molecule has 0 fully saturated rings. The van der Waals surface area contributed by atoms with Crippen LogP contribution in [0.1, 0.15) is 12.8 Å². The van der Waals surface area contributed by atoms with Gasteiger partial charge in [-0.25, -0.2) is 8.42 Å². The fraction of sp³-hybridized carbons (Fsp3) is 0.571. The van der Waals surface area contributed by atoms with Crippen LogP contribution in [0.25, 0.3) is 0 Å². The minimum absolute atomic E-state index is 0.344. The summed E-state index contributed by atoms with van der Waals surface area (Å²) < 4.78 is 33.5. The van der Waals surface area contributed by atoms with Crippen LogP contribution in [0.3, 0.4) is 0 Å². The molecule has 0 heterocycles. The lowest BCUT2D eigenvalue weighted by molar-refractivity contribution is 0.0691. The van der Waals surface area contributed by atoms with Crippen molar-refractivity contribution >= 4 is 15.5 Å².